The Hall–Kier alpha value is -3.73. The second-order valence-corrected chi connectivity index (χ2v) is 5.91. The minimum atomic E-state index is -0.399. The minimum absolute atomic E-state index is 0.204. The van der Waals surface area contributed by atoms with Crippen molar-refractivity contribution in [2.24, 2.45) is 0 Å². The fraction of sp³-hybridized carbons (Fsp3) is 0. The normalized spacial score (nSPS) is 11.1. The van der Waals surface area contributed by atoms with Crippen molar-refractivity contribution < 1.29 is 13.6 Å². The fourth-order valence-electron chi connectivity index (χ4n) is 2.68. The second kappa shape index (κ2) is 7.25. The highest BCUT2D eigenvalue weighted by Gasteiger charge is 2.12. The summed E-state index contributed by atoms with van der Waals surface area (Å²) in [6.45, 7) is 0. The molecule has 1 N–H and O–H groups in total. The predicted octanol–water partition coefficient (Wildman–Crippen LogP) is 5.29. The quantitative estimate of drug-likeness (QED) is 0.505. The third-order valence-electron chi connectivity index (χ3n) is 3.99. The number of hydrogen-bond acceptors (Lipinski definition) is 3. The van der Waals surface area contributed by atoms with E-state index in [9.17, 15) is 9.18 Å². The zero-order valence-corrected chi connectivity index (χ0v) is 14.2. The lowest BCUT2D eigenvalue weighted by atomic mass is 10.2. The van der Waals surface area contributed by atoms with Gasteiger partial charge in [0.2, 0.25) is 11.8 Å². The van der Waals surface area contributed by atoms with Gasteiger partial charge in [-0.1, -0.05) is 42.5 Å². The topological polar surface area (TPSA) is 55.1 Å². The molecule has 4 aromatic rings. The third-order valence-corrected chi connectivity index (χ3v) is 3.99. The predicted molar refractivity (Wildman–Crippen MR) is 104 cm³/mol. The number of nitrogens with one attached hydrogen (secondary N) is 1. The van der Waals surface area contributed by atoms with E-state index in [1.165, 1.54) is 12.1 Å². The van der Waals surface area contributed by atoms with Gasteiger partial charge in [-0.05, 0) is 42.0 Å². The van der Waals surface area contributed by atoms with Gasteiger partial charge in [-0.25, -0.2) is 9.37 Å². The van der Waals surface area contributed by atoms with E-state index in [1.54, 1.807) is 42.5 Å². The first-order valence-electron chi connectivity index (χ1n) is 8.39. The van der Waals surface area contributed by atoms with Crippen molar-refractivity contribution >= 4 is 28.8 Å². The molecule has 4 rings (SSSR count). The molecule has 1 aromatic heterocycles. The van der Waals surface area contributed by atoms with Crippen LogP contribution in [0.25, 0.3) is 28.6 Å². The van der Waals surface area contributed by atoms with Gasteiger partial charge in [-0.15, -0.1) is 0 Å². The van der Waals surface area contributed by atoms with Crippen LogP contribution in [0, 0.1) is 5.82 Å². The summed E-state index contributed by atoms with van der Waals surface area (Å²) in [7, 11) is 0. The Balaban J connectivity index is 1.54. The Bertz CT molecular complexity index is 1130. The van der Waals surface area contributed by atoms with Crippen molar-refractivity contribution in [2.45, 2.75) is 0 Å². The van der Waals surface area contributed by atoms with E-state index in [0.717, 1.165) is 5.56 Å². The summed E-state index contributed by atoms with van der Waals surface area (Å²) in [6.07, 6.45) is 3.20. The van der Waals surface area contributed by atoms with Crippen LogP contribution in [0.1, 0.15) is 5.56 Å². The summed E-state index contributed by atoms with van der Waals surface area (Å²) in [5.74, 6) is -0.449. The number of benzene rings is 3. The average Bonchev–Trinajstić information content (AvgIpc) is 3.10. The molecule has 0 unspecified atom stereocenters. The Morgan fingerprint density at radius 2 is 1.78 bits per heavy atom. The van der Waals surface area contributed by atoms with E-state index in [4.69, 9.17) is 4.42 Å². The molecule has 0 saturated heterocycles. The number of carbonyl (C=O) groups is 1. The number of halogens is 1. The summed E-state index contributed by atoms with van der Waals surface area (Å²) < 4.78 is 19.5. The van der Waals surface area contributed by atoms with Gasteiger partial charge in [-0.2, -0.15) is 0 Å². The monoisotopic (exact) mass is 358 g/mol. The molecular weight excluding hydrogens is 343 g/mol. The first-order valence-corrected chi connectivity index (χ1v) is 8.39. The highest BCUT2D eigenvalue weighted by atomic mass is 19.1. The van der Waals surface area contributed by atoms with Crippen LogP contribution >= 0.6 is 0 Å². The molecule has 0 aliphatic carbocycles. The molecule has 4 nitrogen and oxygen atoms in total. The molecular formula is C22H15FN2O2. The lowest BCUT2D eigenvalue weighted by molar-refractivity contribution is -0.111. The van der Waals surface area contributed by atoms with Crippen molar-refractivity contribution in [1.82, 2.24) is 4.98 Å². The maximum atomic E-state index is 13.9. The van der Waals surface area contributed by atoms with Gasteiger partial charge in [0.05, 0.1) is 5.56 Å². The zero-order chi connectivity index (χ0) is 18.6. The van der Waals surface area contributed by atoms with Crippen LogP contribution in [-0.4, -0.2) is 10.9 Å². The number of rotatable bonds is 4. The van der Waals surface area contributed by atoms with Gasteiger partial charge in [-0.3, -0.25) is 4.79 Å². The molecule has 0 spiro atoms. The number of amides is 1. The molecule has 0 radical (unpaired) electrons. The summed E-state index contributed by atoms with van der Waals surface area (Å²) in [4.78, 5) is 16.4. The summed E-state index contributed by atoms with van der Waals surface area (Å²) >= 11 is 0. The molecule has 1 heterocycles. The molecule has 27 heavy (non-hydrogen) atoms. The maximum absolute atomic E-state index is 13.9. The van der Waals surface area contributed by atoms with E-state index < -0.39 is 5.82 Å². The average molecular weight is 358 g/mol. The molecule has 0 aliphatic heterocycles. The van der Waals surface area contributed by atoms with Crippen LogP contribution < -0.4 is 5.32 Å². The highest BCUT2D eigenvalue weighted by Crippen LogP contribution is 2.27. The van der Waals surface area contributed by atoms with Crippen LogP contribution in [-0.2, 0) is 4.79 Å². The van der Waals surface area contributed by atoms with Gasteiger partial charge in [0.15, 0.2) is 5.58 Å². The first-order chi connectivity index (χ1) is 13.2. The number of aromatic nitrogens is 1. The van der Waals surface area contributed by atoms with Crippen LogP contribution in [0.2, 0.25) is 0 Å². The van der Waals surface area contributed by atoms with E-state index in [-0.39, 0.29) is 11.8 Å². The van der Waals surface area contributed by atoms with E-state index in [0.29, 0.717) is 22.4 Å². The molecule has 3 aromatic carbocycles. The Kier molecular flexibility index (Phi) is 4.49. The number of anilines is 1. The van der Waals surface area contributed by atoms with E-state index in [2.05, 4.69) is 10.3 Å². The van der Waals surface area contributed by atoms with Crippen molar-refractivity contribution in [3.63, 3.8) is 0 Å². The van der Waals surface area contributed by atoms with Crippen molar-refractivity contribution in [3.05, 3.63) is 90.3 Å². The number of oxazole rings is 1. The largest absolute Gasteiger partial charge is 0.436 e. The van der Waals surface area contributed by atoms with E-state index >= 15 is 0 Å². The first kappa shape index (κ1) is 16.7. The summed E-state index contributed by atoms with van der Waals surface area (Å²) in [5, 5.41) is 2.78. The van der Waals surface area contributed by atoms with Crippen LogP contribution in [0.3, 0.4) is 0 Å². The molecule has 132 valence electrons. The molecule has 0 aliphatic rings. The molecule has 0 saturated carbocycles. The van der Waals surface area contributed by atoms with Crippen molar-refractivity contribution in [1.29, 1.82) is 0 Å². The lowest BCUT2D eigenvalue weighted by Crippen LogP contribution is -2.07. The van der Waals surface area contributed by atoms with Gasteiger partial charge >= 0.3 is 0 Å². The molecule has 0 bridgehead atoms. The van der Waals surface area contributed by atoms with Crippen LogP contribution in [0.15, 0.2) is 83.3 Å². The number of hydrogen-bond donors (Lipinski definition) is 1. The lowest BCUT2D eigenvalue weighted by Gasteiger charge is -2.01. The molecule has 0 fully saturated rings. The van der Waals surface area contributed by atoms with Crippen LogP contribution in [0.4, 0.5) is 10.1 Å². The maximum Gasteiger partial charge on any atom is 0.248 e. The van der Waals surface area contributed by atoms with Gasteiger partial charge in [0.25, 0.3) is 0 Å². The Morgan fingerprint density at radius 1 is 1.00 bits per heavy atom. The van der Waals surface area contributed by atoms with Crippen molar-refractivity contribution in [2.75, 3.05) is 5.32 Å². The number of fused-ring (bicyclic) bond motifs is 1. The van der Waals surface area contributed by atoms with Gasteiger partial charge < -0.3 is 9.73 Å². The van der Waals surface area contributed by atoms with Crippen LogP contribution in [0.5, 0.6) is 0 Å². The number of carbonyl (C=O) groups excluding carboxylic acids is 1. The van der Waals surface area contributed by atoms with E-state index in [1.807, 2.05) is 30.3 Å². The summed E-state index contributed by atoms with van der Waals surface area (Å²) in [5.41, 5.74) is 2.88. The highest BCUT2D eigenvalue weighted by molar-refractivity contribution is 6.02. The molecule has 0 atom stereocenters. The standard InChI is InChI=1S/C22H15FN2O2/c23-18-9-5-4-8-17(18)22-25-19-14-16(11-12-20(19)27-22)24-21(26)13-10-15-6-2-1-3-7-15/h1-14H,(H,24,26)/b13-10-. The SMILES string of the molecule is O=C(/C=C\c1ccccc1)Nc1ccc2oc(-c3ccccc3F)nc2c1. The fourth-order valence-corrected chi connectivity index (χ4v) is 2.68. The zero-order valence-electron chi connectivity index (χ0n) is 14.2. The van der Waals surface area contributed by atoms with Crippen molar-refractivity contribution in [3.8, 4) is 11.5 Å². The third kappa shape index (κ3) is 3.77. The van der Waals surface area contributed by atoms with Gasteiger partial charge in [0, 0.05) is 11.8 Å². The number of nitrogens with zero attached hydrogens (tertiary/aromatic N) is 1. The second-order valence-electron chi connectivity index (χ2n) is 5.91. The Labute approximate surface area is 155 Å². The summed E-state index contributed by atoms with van der Waals surface area (Å²) in [6, 6.07) is 21.0. The van der Waals surface area contributed by atoms with Gasteiger partial charge in [0.1, 0.15) is 11.3 Å². The smallest absolute Gasteiger partial charge is 0.248 e. The molecule has 5 heteroatoms. The Morgan fingerprint density at radius 3 is 2.59 bits per heavy atom. The minimum Gasteiger partial charge on any atom is -0.436 e. The molecule has 1 amide bonds.